The Balaban J connectivity index is 1.34. The molecule has 0 fully saturated rings. The number of pyridine rings is 1. The number of aryl methyl sites for hydroxylation is 1. The molecule has 0 saturated carbocycles. The second kappa shape index (κ2) is 9.43. The number of amides is 1. The van der Waals surface area contributed by atoms with Gasteiger partial charge in [-0.2, -0.15) is 4.68 Å². The molecule has 3 aromatic heterocycles. The molecule has 13 heteroatoms. The largest absolute Gasteiger partial charge is 0.465 e. The van der Waals surface area contributed by atoms with Crippen molar-refractivity contribution in [2.45, 2.75) is 18.9 Å². The van der Waals surface area contributed by atoms with Crippen molar-refractivity contribution in [1.82, 2.24) is 34.7 Å². The summed E-state index contributed by atoms with van der Waals surface area (Å²) in [5.74, 6) is 0.634. The zero-order valence-electron chi connectivity index (χ0n) is 19.5. The molecule has 11 nitrogen and oxygen atoms in total. The first-order valence-corrected chi connectivity index (χ1v) is 12.3. The molecule has 1 amide bonds. The van der Waals surface area contributed by atoms with E-state index in [1.165, 1.54) is 17.1 Å². The Labute approximate surface area is 224 Å². The molecule has 6 rings (SSSR count). The number of nitrogens with zero attached hydrogens (tertiary/aromatic N) is 6. The summed E-state index contributed by atoms with van der Waals surface area (Å²) in [6.07, 6.45) is 3.41. The lowest BCUT2D eigenvalue weighted by Crippen LogP contribution is -2.23. The van der Waals surface area contributed by atoms with Crippen LogP contribution in [0.4, 0.5) is 10.5 Å². The number of hydrogen-bond donors (Lipinski definition) is 3. The minimum atomic E-state index is -1.17. The molecule has 1 atom stereocenters. The number of rotatable bonds is 5. The minimum Gasteiger partial charge on any atom is -0.465 e. The first-order chi connectivity index (χ1) is 18.4. The van der Waals surface area contributed by atoms with Crippen LogP contribution in [-0.2, 0) is 6.42 Å². The molecular formula is C25H18Cl2N8O3. The van der Waals surface area contributed by atoms with Crippen LogP contribution in [0.2, 0.25) is 10.0 Å². The molecule has 0 radical (unpaired) electrons. The van der Waals surface area contributed by atoms with E-state index in [1.54, 1.807) is 47.2 Å². The number of carbonyl (C=O) groups is 1. The number of tetrazole rings is 1. The van der Waals surface area contributed by atoms with E-state index in [2.05, 4.69) is 25.8 Å². The zero-order chi connectivity index (χ0) is 26.4. The van der Waals surface area contributed by atoms with Gasteiger partial charge in [0.05, 0.1) is 22.4 Å². The summed E-state index contributed by atoms with van der Waals surface area (Å²) < 4.78 is 3.27. The van der Waals surface area contributed by atoms with Gasteiger partial charge in [0.25, 0.3) is 5.56 Å². The summed E-state index contributed by atoms with van der Waals surface area (Å²) in [6.45, 7) is 0. The molecule has 1 aliphatic rings. The maximum Gasteiger partial charge on any atom is 0.409 e. The Morgan fingerprint density at radius 3 is 2.74 bits per heavy atom. The molecule has 0 bridgehead atoms. The molecule has 0 spiro atoms. The molecule has 0 unspecified atom stereocenters. The number of carboxylic acid groups (broad SMARTS) is 1. The fourth-order valence-corrected chi connectivity index (χ4v) is 5.24. The number of imidazole rings is 1. The highest BCUT2D eigenvalue weighted by Crippen LogP contribution is 2.35. The lowest BCUT2D eigenvalue weighted by molar-refractivity contribution is 0.210. The van der Waals surface area contributed by atoms with E-state index in [0.29, 0.717) is 51.3 Å². The molecule has 0 saturated heterocycles. The maximum absolute atomic E-state index is 13.4. The summed E-state index contributed by atoms with van der Waals surface area (Å²) >= 11 is 12.7. The second-order valence-corrected chi connectivity index (χ2v) is 9.55. The molecule has 3 N–H and O–H groups in total. The topological polar surface area (TPSA) is 144 Å². The highest BCUT2D eigenvalue weighted by Gasteiger charge is 2.28. The molecule has 4 heterocycles. The highest BCUT2D eigenvalue weighted by atomic mass is 35.5. The monoisotopic (exact) mass is 548 g/mol. The van der Waals surface area contributed by atoms with E-state index in [0.717, 1.165) is 16.8 Å². The Hall–Kier alpha value is -4.48. The van der Waals surface area contributed by atoms with Crippen LogP contribution in [0.5, 0.6) is 0 Å². The number of anilines is 1. The van der Waals surface area contributed by atoms with Crippen LogP contribution < -0.4 is 10.9 Å². The number of hydrogen-bond acceptors (Lipinski definition) is 6. The SMILES string of the molecule is O=C(O)Nc1ccc(-c2c[nH]c([C@@H]3CCc4cc(-c5cc(Cl)ccc5-n5cnnn5)cc(=O)n43)n2)c(Cl)c1. The standard InChI is InChI=1S/C25H18Cl2N8O3/c26-14-1-5-21(34-12-29-32-33-34)18(9-14)13-7-16-3-6-22(35(16)23(36)8-13)24-28-11-20(31-24)17-4-2-15(10-19(17)27)30-25(37)38/h1-2,4-5,7-12,22,30H,3,6H2,(H,28,31)(H,37,38)/t22-/m0/s1. The molecule has 38 heavy (non-hydrogen) atoms. The second-order valence-electron chi connectivity index (χ2n) is 8.71. The number of nitrogens with one attached hydrogen (secondary N) is 2. The van der Waals surface area contributed by atoms with Crippen LogP contribution in [0.3, 0.4) is 0 Å². The Morgan fingerprint density at radius 1 is 1.11 bits per heavy atom. The van der Waals surface area contributed by atoms with Gasteiger partial charge in [-0.25, -0.2) is 9.78 Å². The third kappa shape index (κ3) is 4.31. The quantitative estimate of drug-likeness (QED) is 0.285. The fraction of sp³-hybridized carbons (Fsp3) is 0.120. The summed E-state index contributed by atoms with van der Waals surface area (Å²) in [5, 5.41) is 23.5. The van der Waals surface area contributed by atoms with E-state index >= 15 is 0 Å². The molecule has 1 aliphatic heterocycles. The van der Waals surface area contributed by atoms with Gasteiger partial charge in [0.2, 0.25) is 0 Å². The van der Waals surface area contributed by atoms with E-state index < -0.39 is 6.09 Å². The first-order valence-electron chi connectivity index (χ1n) is 11.5. The Bertz CT molecular complexity index is 1750. The molecule has 5 aromatic rings. The maximum atomic E-state index is 13.4. The third-order valence-electron chi connectivity index (χ3n) is 6.41. The zero-order valence-corrected chi connectivity index (χ0v) is 21.0. The van der Waals surface area contributed by atoms with Gasteiger partial charge in [0.1, 0.15) is 12.2 Å². The average molecular weight is 549 g/mol. The smallest absolute Gasteiger partial charge is 0.409 e. The van der Waals surface area contributed by atoms with Crippen LogP contribution in [0, 0.1) is 0 Å². The van der Waals surface area contributed by atoms with Gasteiger partial charge < -0.3 is 14.7 Å². The van der Waals surface area contributed by atoms with Gasteiger partial charge in [-0.3, -0.25) is 10.1 Å². The summed E-state index contributed by atoms with van der Waals surface area (Å²) in [7, 11) is 0. The lowest BCUT2D eigenvalue weighted by Gasteiger charge is -2.15. The van der Waals surface area contributed by atoms with Crippen molar-refractivity contribution in [3.8, 4) is 28.1 Å². The van der Waals surface area contributed by atoms with Crippen molar-refractivity contribution in [3.63, 3.8) is 0 Å². The summed E-state index contributed by atoms with van der Waals surface area (Å²) in [5.41, 5.74) is 4.47. The number of aromatic amines is 1. The molecular weight excluding hydrogens is 531 g/mol. The minimum absolute atomic E-state index is 0.164. The number of aromatic nitrogens is 7. The third-order valence-corrected chi connectivity index (χ3v) is 6.96. The number of H-pyrrole nitrogens is 1. The average Bonchev–Trinajstić information content (AvgIpc) is 3.64. The van der Waals surface area contributed by atoms with Crippen LogP contribution in [-0.4, -0.2) is 45.9 Å². The van der Waals surface area contributed by atoms with Crippen LogP contribution >= 0.6 is 23.2 Å². The van der Waals surface area contributed by atoms with Gasteiger partial charge in [-0.05, 0) is 71.3 Å². The van der Waals surface area contributed by atoms with Gasteiger partial charge >= 0.3 is 6.09 Å². The van der Waals surface area contributed by atoms with E-state index in [9.17, 15) is 9.59 Å². The molecule has 0 aliphatic carbocycles. The van der Waals surface area contributed by atoms with Gasteiger partial charge in [-0.15, -0.1) is 5.10 Å². The normalized spacial score (nSPS) is 14.4. The van der Waals surface area contributed by atoms with Crippen molar-refractivity contribution in [2.75, 3.05) is 5.32 Å². The predicted molar refractivity (Wildman–Crippen MR) is 141 cm³/mol. The van der Waals surface area contributed by atoms with E-state index in [-0.39, 0.29) is 11.6 Å². The predicted octanol–water partition coefficient (Wildman–Crippen LogP) is 4.81. The van der Waals surface area contributed by atoms with Crippen molar-refractivity contribution >= 4 is 35.0 Å². The first kappa shape index (κ1) is 23.9. The van der Waals surface area contributed by atoms with Crippen molar-refractivity contribution < 1.29 is 9.90 Å². The Morgan fingerprint density at radius 2 is 1.97 bits per heavy atom. The van der Waals surface area contributed by atoms with Gasteiger partial charge in [0, 0.05) is 39.8 Å². The van der Waals surface area contributed by atoms with Crippen LogP contribution in [0.1, 0.15) is 24.0 Å². The van der Waals surface area contributed by atoms with Crippen molar-refractivity contribution in [2.24, 2.45) is 0 Å². The van der Waals surface area contributed by atoms with Crippen molar-refractivity contribution in [1.29, 1.82) is 0 Å². The Kier molecular flexibility index (Phi) is 5.93. The summed E-state index contributed by atoms with van der Waals surface area (Å²) in [6, 6.07) is 13.5. The number of benzene rings is 2. The van der Waals surface area contributed by atoms with Crippen LogP contribution in [0.25, 0.3) is 28.1 Å². The van der Waals surface area contributed by atoms with Gasteiger partial charge in [-0.1, -0.05) is 23.2 Å². The van der Waals surface area contributed by atoms with Crippen LogP contribution in [0.15, 0.2) is 65.8 Å². The summed E-state index contributed by atoms with van der Waals surface area (Å²) in [4.78, 5) is 32.2. The molecule has 2 aromatic carbocycles. The van der Waals surface area contributed by atoms with Crippen molar-refractivity contribution in [3.05, 3.63) is 93.0 Å². The number of halogens is 2. The van der Waals surface area contributed by atoms with Gasteiger partial charge in [0.15, 0.2) is 0 Å². The number of fused-ring (bicyclic) bond motifs is 1. The van der Waals surface area contributed by atoms with E-state index in [4.69, 9.17) is 33.3 Å². The van der Waals surface area contributed by atoms with E-state index in [1.807, 2.05) is 6.07 Å². The fourth-order valence-electron chi connectivity index (χ4n) is 4.79. The lowest BCUT2D eigenvalue weighted by atomic mass is 10.0. The molecule has 190 valence electrons. The highest BCUT2D eigenvalue weighted by molar-refractivity contribution is 6.33.